The van der Waals surface area contributed by atoms with Gasteiger partial charge in [0.25, 0.3) is 0 Å². The minimum atomic E-state index is -4.45. The number of carbonyl (C=O) groups excluding carboxylic acids is 1. The number of benzene rings is 1. The Morgan fingerprint density at radius 3 is 2.89 bits per heavy atom. The fourth-order valence-corrected chi connectivity index (χ4v) is 3.26. The summed E-state index contributed by atoms with van der Waals surface area (Å²) in [5.74, 6) is -0.0898. The number of halogens is 3. The van der Waals surface area contributed by atoms with E-state index in [2.05, 4.69) is 10.2 Å². The number of carbonyl (C=O) groups is 1. The third-order valence-corrected chi connectivity index (χ3v) is 4.70. The third kappa shape index (κ3) is 4.83. The van der Waals surface area contributed by atoms with Crippen LogP contribution in [0.5, 0.6) is 5.75 Å². The van der Waals surface area contributed by atoms with Gasteiger partial charge in [0.15, 0.2) is 0 Å². The summed E-state index contributed by atoms with van der Waals surface area (Å²) in [6.07, 6.45) is -3.24. The minimum absolute atomic E-state index is 0.0440. The highest BCUT2D eigenvalue weighted by molar-refractivity contribution is 5.77. The first-order valence-electron chi connectivity index (χ1n) is 8.98. The lowest BCUT2D eigenvalue weighted by Crippen LogP contribution is -2.31. The van der Waals surface area contributed by atoms with Crippen LogP contribution in [0.15, 0.2) is 30.3 Å². The van der Waals surface area contributed by atoms with Crippen molar-refractivity contribution < 1.29 is 27.4 Å². The molecule has 0 spiro atoms. The van der Waals surface area contributed by atoms with Crippen LogP contribution in [0.25, 0.3) is 0 Å². The average molecular weight is 397 g/mol. The van der Waals surface area contributed by atoms with E-state index >= 15 is 0 Å². The zero-order valence-electron chi connectivity index (χ0n) is 15.5. The van der Waals surface area contributed by atoms with Crippen LogP contribution in [0.1, 0.15) is 29.3 Å². The summed E-state index contributed by atoms with van der Waals surface area (Å²) < 4.78 is 49.2. The van der Waals surface area contributed by atoms with E-state index in [9.17, 15) is 18.0 Å². The summed E-state index contributed by atoms with van der Waals surface area (Å²) >= 11 is 0. The van der Waals surface area contributed by atoms with Crippen LogP contribution < -0.4 is 4.74 Å². The molecule has 1 aromatic heterocycles. The van der Waals surface area contributed by atoms with E-state index in [0.717, 1.165) is 23.9 Å². The molecule has 1 aliphatic heterocycles. The zero-order chi connectivity index (χ0) is 20.1. The van der Waals surface area contributed by atoms with Gasteiger partial charge in [0.05, 0.1) is 17.9 Å². The van der Waals surface area contributed by atoms with E-state index in [0.29, 0.717) is 19.5 Å². The quantitative estimate of drug-likeness (QED) is 0.780. The second-order valence-corrected chi connectivity index (χ2v) is 6.67. The standard InChI is InChI=1S/C19H22F3N3O3/c1-27-12-18(26)25-8-6-13(11-25)16-10-14(23-24-16)7-9-28-17-5-3-2-4-15(17)19(20,21)22/h2-5,10,13H,6-9,11-12H2,1H3,(H,23,24)/t13-/m0/s1. The number of nitrogens with zero attached hydrogens (tertiary/aromatic N) is 2. The molecule has 152 valence electrons. The lowest BCUT2D eigenvalue weighted by atomic mass is 10.0. The summed E-state index contributed by atoms with van der Waals surface area (Å²) in [4.78, 5) is 13.6. The van der Waals surface area contributed by atoms with Gasteiger partial charge >= 0.3 is 6.18 Å². The van der Waals surface area contributed by atoms with Crippen LogP contribution in [0.4, 0.5) is 13.2 Å². The molecule has 28 heavy (non-hydrogen) atoms. The maximum atomic E-state index is 13.0. The normalized spacial score (nSPS) is 17.1. The van der Waals surface area contributed by atoms with Gasteiger partial charge in [-0.1, -0.05) is 12.1 Å². The number of aromatic amines is 1. The number of ether oxygens (including phenoxy) is 2. The number of alkyl halides is 3. The van der Waals surface area contributed by atoms with Gasteiger partial charge in [-0.3, -0.25) is 9.89 Å². The molecule has 0 unspecified atom stereocenters. The maximum Gasteiger partial charge on any atom is 0.419 e. The molecule has 1 N–H and O–H groups in total. The van der Waals surface area contributed by atoms with Crippen LogP contribution in [-0.2, 0) is 22.1 Å². The van der Waals surface area contributed by atoms with Crippen LogP contribution in [0, 0.1) is 0 Å². The smallest absolute Gasteiger partial charge is 0.419 e. The van der Waals surface area contributed by atoms with Crippen molar-refractivity contribution >= 4 is 5.91 Å². The van der Waals surface area contributed by atoms with Crippen LogP contribution >= 0.6 is 0 Å². The van der Waals surface area contributed by atoms with E-state index in [1.807, 2.05) is 6.07 Å². The molecule has 1 saturated heterocycles. The van der Waals surface area contributed by atoms with Gasteiger partial charge in [0.1, 0.15) is 12.4 Å². The molecular formula is C19H22F3N3O3. The lowest BCUT2D eigenvalue weighted by molar-refractivity contribution is -0.139. The fourth-order valence-electron chi connectivity index (χ4n) is 3.26. The Balaban J connectivity index is 1.53. The Bertz CT molecular complexity index is 807. The van der Waals surface area contributed by atoms with Crippen molar-refractivity contribution in [3.8, 4) is 5.75 Å². The van der Waals surface area contributed by atoms with Crippen LogP contribution in [0.3, 0.4) is 0 Å². The van der Waals surface area contributed by atoms with Crippen molar-refractivity contribution in [3.05, 3.63) is 47.3 Å². The highest BCUT2D eigenvalue weighted by Crippen LogP contribution is 2.36. The first-order valence-corrected chi connectivity index (χ1v) is 8.98. The Hall–Kier alpha value is -2.55. The summed E-state index contributed by atoms with van der Waals surface area (Å²) in [5, 5.41) is 7.19. The Morgan fingerprint density at radius 2 is 2.14 bits per heavy atom. The molecule has 1 atom stereocenters. The summed E-state index contributed by atoms with van der Waals surface area (Å²) in [6, 6.07) is 7.04. The highest BCUT2D eigenvalue weighted by atomic mass is 19.4. The van der Waals surface area contributed by atoms with E-state index in [1.165, 1.54) is 25.3 Å². The van der Waals surface area contributed by atoms with Crippen molar-refractivity contribution in [1.29, 1.82) is 0 Å². The van der Waals surface area contributed by atoms with Gasteiger partial charge < -0.3 is 14.4 Å². The number of rotatable bonds is 7. The van der Waals surface area contributed by atoms with Crippen LogP contribution in [-0.4, -0.2) is 54.4 Å². The number of hydrogen-bond donors (Lipinski definition) is 1. The molecule has 1 amide bonds. The van der Waals surface area contributed by atoms with Gasteiger partial charge in [-0.25, -0.2) is 0 Å². The van der Waals surface area contributed by atoms with Crippen LogP contribution in [0.2, 0.25) is 0 Å². The molecule has 1 aliphatic rings. The largest absolute Gasteiger partial charge is 0.493 e. The van der Waals surface area contributed by atoms with Crippen molar-refractivity contribution in [2.45, 2.75) is 24.9 Å². The Labute approximate surface area is 160 Å². The molecule has 6 nitrogen and oxygen atoms in total. The monoisotopic (exact) mass is 397 g/mol. The number of nitrogens with one attached hydrogen (secondary N) is 1. The molecule has 9 heteroatoms. The second kappa shape index (κ2) is 8.64. The number of likely N-dealkylation sites (tertiary alicyclic amines) is 1. The van der Waals surface area contributed by atoms with Gasteiger partial charge in [0, 0.05) is 38.2 Å². The van der Waals surface area contributed by atoms with Gasteiger partial charge in [-0.05, 0) is 24.6 Å². The first kappa shape index (κ1) is 20.2. The lowest BCUT2D eigenvalue weighted by Gasteiger charge is -2.15. The molecule has 2 heterocycles. The molecule has 1 aromatic carbocycles. The molecule has 0 aliphatic carbocycles. The predicted molar refractivity (Wildman–Crippen MR) is 95.0 cm³/mol. The van der Waals surface area contributed by atoms with Crippen molar-refractivity contribution in [2.75, 3.05) is 33.4 Å². The number of para-hydroxylation sites is 1. The topological polar surface area (TPSA) is 67.4 Å². The molecule has 0 bridgehead atoms. The molecule has 1 fully saturated rings. The maximum absolute atomic E-state index is 13.0. The van der Waals surface area contributed by atoms with E-state index in [1.54, 1.807) is 4.90 Å². The zero-order valence-corrected chi connectivity index (χ0v) is 15.5. The molecule has 3 rings (SSSR count). The molecule has 0 radical (unpaired) electrons. The molecule has 0 saturated carbocycles. The first-order chi connectivity index (χ1) is 13.4. The third-order valence-electron chi connectivity index (χ3n) is 4.70. The van der Waals surface area contributed by atoms with E-state index < -0.39 is 11.7 Å². The number of hydrogen-bond acceptors (Lipinski definition) is 4. The SMILES string of the molecule is COCC(=O)N1CC[C@H](c2cc(CCOc3ccccc3C(F)(F)F)[nH]n2)C1. The average Bonchev–Trinajstić information content (AvgIpc) is 3.31. The summed E-state index contributed by atoms with van der Waals surface area (Å²) in [5.41, 5.74) is 0.839. The Kier molecular flexibility index (Phi) is 6.23. The number of aromatic nitrogens is 2. The van der Waals surface area contributed by atoms with E-state index in [-0.39, 0.29) is 30.8 Å². The van der Waals surface area contributed by atoms with Gasteiger partial charge in [-0.15, -0.1) is 0 Å². The van der Waals surface area contributed by atoms with Crippen molar-refractivity contribution in [3.63, 3.8) is 0 Å². The molecular weight excluding hydrogens is 375 g/mol. The van der Waals surface area contributed by atoms with Crippen molar-refractivity contribution in [2.24, 2.45) is 0 Å². The Morgan fingerprint density at radius 1 is 1.36 bits per heavy atom. The summed E-state index contributed by atoms with van der Waals surface area (Å²) in [6.45, 7) is 1.40. The number of methoxy groups -OCH3 is 1. The predicted octanol–water partition coefficient (Wildman–Crippen LogP) is 3.01. The van der Waals surface area contributed by atoms with Crippen molar-refractivity contribution in [1.82, 2.24) is 15.1 Å². The van der Waals surface area contributed by atoms with E-state index in [4.69, 9.17) is 9.47 Å². The fraction of sp³-hybridized carbons (Fsp3) is 0.474. The number of amides is 1. The highest BCUT2D eigenvalue weighted by Gasteiger charge is 2.34. The van der Waals surface area contributed by atoms with Gasteiger partial charge in [0.2, 0.25) is 5.91 Å². The number of H-pyrrole nitrogens is 1. The van der Waals surface area contributed by atoms with Gasteiger partial charge in [-0.2, -0.15) is 18.3 Å². The summed E-state index contributed by atoms with van der Waals surface area (Å²) in [7, 11) is 1.49. The minimum Gasteiger partial charge on any atom is -0.493 e. The molecule has 2 aromatic rings. The second-order valence-electron chi connectivity index (χ2n) is 6.67.